The average molecular weight is 276 g/mol. The minimum atomic E-state index is -1.64. The molecule has 2 rings (SSSR count). The van der Waals surface area contributed by atoms with E-state index < -0.39 is 23.4 Å². The highest BCUT2D eigenvalue weighted by molar-refractivity contribution is 6.32. The van der Waals surface area contributed by atoms with Gasteiger partial charge in [0.05, 0.1) is 18.2 Å². The van der Waals surface area contributed by atoms with E-state index in [9.17, 15) is 18.0 Å². The minimum Gasteiger partial charge on any atom is -0.465 e. The van der Waals surface area contributed by atoms with Gasteiger partial charge in [0.2, 0.25) is 0 Å². The van der Waals surface area contributed by atoms with Crippen LogP contribution in [0.15, 0.2) is 12.1 Å². The molecule has 0 aliphatic rings. The van der Waals surface area contributed by atoms with Crippen LogP contribution in [-0.2, 0) is 4.74 Å². The zero-order chi connectivity index (χ0) is 13.4. The number of hydrogen-bond donors (Lipinski definition) is 0. The van der Waals surface area contributed by atoms with Gasteiger partial charge >= 0.3 is 5.97 Å². The van der Waals surface area contributed by atoms with Crippen LogP contribution in [0.5, 0.6) is 0 Å². The highest BCUT2D eigenvalue weighted by Crippen LogP contribution is 2.26. The first-order chi connectivity index (χ1) is 8.45. The Balaban J connectivity index is 2.82. The molecule has 0 saturated carbocycles. The maximum atomic E-state index is 13.5. The van der Waals surface area contributed by atoms with Crippen LogP contribution < -0.4 is 0 Å². The molecule has 0 N–H and O–H groups in total. The zero-order valence-corrected chi connectivity index (χ0v) is 9.69. The number of carbonyl (C=O) groups excluding carboxylic acids is 1. The van der Waals surface area contributed by atoms with E-state index in [4.69, 9.17) is 11.6 Å². The predicted octanol–water partition coefficient (Wildman–Crippen LogP) is 3.09. The van der Waals surface area contributed by atoms with Crippen LogP contribution in [0.1, 0.15) is 10.4 Å². The molecule has 0 amide bonds. The fourth-order valence-electron chi connectivity index (χ4n) is 1.45. The summed E-state index contributed by atoms with van der Waals surface area (Å²) in [7, 11) is 1.10. The van der Waals surface area contributed by atoms with Crippen molar-refractivity contribution in [3.05, 3.63) is 40.3 Å². The monoisotopic (exact) mass is 275 g/mol. The van der Waals surface area contributed by atoms with Gasteiger partial charge in [-0.3, -0.25) is 0 Å². The molecule has 2 aromatic rings. The van der Waals surface area contributed by atoms with E-state index in [-0.39, 0.29) is 21.6 Å². The minimum absolute atomic E-state index is 0.191. The van der Waals surface area contributed by atoms with E-state index in [0.717, 1.165) is 13.2 Å². The van der Waals surface area contributed by atoms with Gasteiger partial charge in [0, 0.05) is 11.5 Å². The first kappa shape index (κ1) is 12.6. The number of rotatable bonds is 1. The molecule has 0 fully saturated rings. The van der Waals surface area contributed by atoms with E-state index in [1.54, 1.807) is 0 Å². The van der Waals surface area contributed by atoms with Crippen LogP contribution >= 0.6 is 11.6 Å². The SMILES string of the molecule is COC(=O)c1cc2c(F)c(F)c(F)cc2nc1Cl. The number of halogens is 4. The molecule has 0 bridgehead atoms. The van der Waals surface area contributed by atoms with E-state index in [1.165, 1.54) is 0 Å². The summed E-state index contributed by atoms with van der Waals surface area (Å²) in [5.41, 5.74) is -0.416. The Morgan fingerprint density at radius 3 is 2.56 bits per heavy atom. The van der Waals surface area contributed by atoms with Crippen LogP contribution in [0.2, 0.25) is 5.15 Å². The molecule has 1 aromatic carbocycles. The molecular weight excluding hydrogens is 271 g/mol. The Labute approximate surface area is 104 Å². The van der Waals surface area contributed by atoms with Crippen molar-refractivity contribution >= 4 is 28.5 Å². The highest BCUT2D eigenvalue weighted by atomic mass is 35.5. The Morgan fingerprint density at radius 1 is 1.28 bits per heavy atom. The Morgan fingerprint density at radius 2 is 1.94 bits per heavy atom. The number of ether oxygens (including phenoxy) is 1. The zero-order valence-electron chi connectivity index (χ0n) is 8.93. The largest absolute Gasteiger partial charge is 0.465 e. The van der Waals surface area contributed by atoms with Crippen molar-refractivity contribution in [1.82, 2.24) is 4.98 Å². The van der Waals surface area contributed by atoms with E-state index in [1.807, 2.05) is 0 Å². The molecule has 3 nitrogen and oxygen atoms in total. The number of hydrogen-bond acceptors (Lipinski definition) is 3. The molecule has 0 spiro atoms. The molecule has 94 valence electrons. The lowest BCUT2D eigenvalue weighted by Crippen LogP contribution is -2.05. The molecule has 1 aromatic heterocycles. The molecule has 7 heteroatoms. The lowest BCUT2D eigenvalue weighted by molar-refractivity contribution is 0.0600. The molecule has 0 saturated heterocycles. The van der Waals surface area contributed by atoms with Gasteiger partial charge in [0.15, 0.2) is 17.5 Å². The molecule has 18 heavy (non-hydrogen) atoms. The van der Waals surface area contributed by atoms with Gasteiger partial charge in [-0.25, -0.2) is 22.9 Å². The topological polar surface area (TPSA) is 39.2 Å². The maximum Gasteiger partial charge on any atom is 0.341 e. The Hall–Kier alpha value is -1.82. The number of esters is 1. The number of benzene rings is 1. The highest BCUT2D eigenvalue weighted by Gasteiger charge is 2.19. The van der Waals surface area contributed by atoms with Gasteiger partial charge in [0.1, 0.15) is 5.15 Å². The maximum absolute atomic E-state index is 13.5. The van der Waals surface area contributed by atoms with E-state index in [0.29, 0.717) is 6.07 Å². The second-order valence-electron chi connectivity index (χ2n) is 3.37. The number of aromatic nitrogens is 1. The summed E-state index contributed by atoms with van der Waals surface area (Å²) < 4.78 is 43.9. The number of carbonyl (C=O) groups is 1. The van der Waals surface area contributed by atoms with E-state index >= 15 is 0 Å². The van der Waals surface area contributed by atoms with Crippen molar-refractivity contribution in [3.8, 4) is 0 Å². The Kier molecular flexibility index (Phi) is 3.13. The van der Waals surface area contributed by atoms with Crippen LogP contribution in [0, 0.1) is 17.5 Å². The third-order valence-corrected chi connectivity index (χ3v) is 2.60. The molecule has 0 radical (unpaired) electrons. The molecule has 0 aliphatic carbocycles. The number of methoxy groups -OCH3 is 1. The van der Waals surface area contributed by atoms with Gasteiger partial charge in [-0.15, -0.1) is 0 Å². The van der Waals surface area contributed by atoms with Crippen molar-refractivity contribution in [1.29, 1.82) is 0 Å². The van der Waals surface area contributed by atoms with Gasteiger partial charge in [0.25, 0.3) is 0 Å². The summed E-state index contributed by atoms with van der Waals surface area (Å²) in [6, 6.07) is 1.66. The average Bonchev–Trinajstić information content (AvgIpc) is 2.35. The van der Waals surface area contributed by atoms with Crippen molar-refractivity contribution in [3.63, 3.8) is 0 Å². The van der Waals surface area contributed by atoms with Gasteiger partial charge in [-0.2, -0.15) is 0 Å². The second kappa shape index (κ2) is 4.45. The van der Waals surface area contributed by atoms with Crippen LogP contribution in [-0.4, -0.2) is 18.1 Å². The van der Waals surface area contributed by atoms with Gasteiger partial charge in [-0.05, 0) is 6.07 Å². The summed E-state index contributed by atoms with van der Waals surface area (Å²) in [4.78, 5) is 14.9. The number of nitrogens with zero attached hydrogens (tertiary/aromatic N) is 1. The van der Waals surface area contributed by atoms with Crippen molar-refractivity contribution in [2.24, 2.45) is 0 Å². The molecule has 0 unspecified atom stereocenters. The first-order valence-corrected chi connectivity index (χ1v) is 5.05. The molecule has 0 atom stereocenters. The Bertz CT molecular complexity index is 661. The lowest BCUT2D eigenvalue weighted by atomic mass is 10.1. The van der Waals surface area contributed by atoms with E-state index in [2.05, 4.69) is 9.72 Å². The van der Waals surface area contributed by atoms with Crippen molar-refractivity contribution in [2.45, 2.75) is 0 Å². The third kappa shape index (κ3) is 1.88. The number of fused-ring (bicyclic) bond motifs is 1. The summed E-state index contributed by atoms with van der Waals surface area (Å²) in [5.74, 6) is -5.30. The van der Waals surface area contributed by atoms with Gasteiger partial charge < -0.3 is 4.74 Å². The van der Waals surface area contributed by atoms with Crippen molar-refractivity contribution < 1.29 is 22.7 Å². The third-order valence-electron chi connectivity index (χ3n) is 2.31. The van der Waals surface area contributed by atoms with Crippen LogP contribution in [0.3, 0.4) is 0 Å². The quantitative estimate of drug-likeness (QED) is 0.456. The second-order valence-corrected chi connectivity index (χ2v) is 3.73. The number of pyridine rings is 1. The first-order valence-electron chi connectivity index (χ1n) is 4.67. The molecule has 0 aliphatic heterocycles. The normalized spacial score (nSPS) is 10.7. The fraction of sp³-hybridized carbons (Fsp3) is 0.0909. The van der Waals surface area contributed by atoms with Gasteiger partial charge in [-0.1, -0.05) is 11.6 Å². The molecular formula is C11H5ClF3NO2. The summed E-state index contributed by atoms with van der Waals surface area (Å²) in [6.07, 6.45) is 0. The van der Waals surface area contributed by atoms with Crippen LogP contribution in [0.25, 0.3) is 10.9 Å². The summed E-state index contributed by atoms with van der Waals surface area (Å²) in [5, 5.41) is -0.626. The summed E-state index contributed by atoms with van der Waals surface area (Å²) in [6.45, 7) is 0. The fourth-order valence-corrected chi connectivity index (χ4v) is 1.67. The van der Waals surface area contributed by atoms with Crippen LogP contribution in [0.4, 0.5) is 13.2 Å². The predicted molar refractivity (Wildman–Crippen MR) is 58.0 cm³/mol. The lowest BCUT2D eigenvalue weighted by Gasteiger charge is -2.06. The van der Waals surface area contributed by atoms with Crippen molar-refractivity contribution in [2.75, 3.05) is 7.11 Å². The standard InChI is InChI=1S/C11H5ClF3NO2/c1-18-11(17)5-2-4-7(16-10(5)12)3-6(13)9(15)8(4)14/h2-3H,1H3. The smallest absolute Gasteiger partial charge is 0.341 e. The molecule has 1 heterocycles. The summed E-state index contributed by atoms with van der Waals surface area (Å²) >= 11 is 5.67.